The van der Waals surface area contributed by atoms with E-state index < -0.39 is 0 Å². The second-order valence-corrected chi connectivity index (χ2v) is 6.86. The molecule has 1 fully saturated rings. The number of methoxy groups -OCH3 is 1. The highest BCUT2D eigenvalue weighted by Gasteiger charge is 2.31. The number of rotatable bonds is 7. The summed E-state index contributed by atoms with van der Waals surface area (Å²) < 4.78 is 21.4. The molecule has 0 radical (unpaired) electrons. The molecule has 4 rings (SSSR count). The fourth-order valence-electron chi connectivity index (χ4n) is 3.41. The predicted octanol–water partition coefficient (Wildman–Crippen LogP) is 1.97. The quantitative estimate of drug-likeness (QED) is 0.768. The number of nitrogens with one attached hydrogen (secondary N) is 1. The van der Waals surface area contributed by atoms with Gasteiger partial charge < -0.3 is 29.2 Å². The molecule has 2 aliphatic rings. The molecule has 2 aromatic rings. The second kappa shape index (κ2) is 8.30. The summed E-state index contributed by atoms with van der Waals surface area (Å²) in [5.74, 6) is 2.21. The van der Waals surface area contributed by atoms with E-state index in [0.717, 1.165) is 5.69 Å². The standard InChI is InChI=1S/C21H22N2O6/c1-26-16-4-2-3-5-17(16)27-12-20(24)22-10-14-8-21(25)23(11-14)15-6-7-18-19(9-15)29-13-28-18/h2-7,9,14H,8,10-13H2,1H3,(H,22,24). The van der Waals surface area contributed by atoms with Gasteiger partial charge in [-0.2, -0.15) is 0 Å². The molecule has 2 amide bonds. The summed E-state index contributed by atoms with van der Waals surface area (Å²) in [6.45, 7) is 1.01. The van der Waals surface area contributed by atoms with Crippen LogP contribution in [0.2, 0.25) is 0 Å². The molecule has 29 heavy (non-hydrogen) atoms. The largest absolute Gasteiger partial charge is 0.493 e. The van der Waals surface area contributed by atoms with Crippen molar-refractivity contribution in [2.24, 2.45) is 5.92 Å². The van der Waals surface area contributed by atoms with Gasteiger partial charge in [0, 0.05) is 37.2 Å². The zero-order valence-electron chi connectivity index (χ0n) is 16.1. The van der Waals surface area contributed by atoms with E-state index in [-0.39, 0.29) is 31.1 Å². The van der Waals surface area contributed by atoms with Crippen molar-refractivity contribution in [1.29, 1.82) is 0 Å². The summed E-state index contributed by atoms with van der Waals surface area (Å²) >= 11 is 0. The van der Waals surface area contributed by atoms with Crippen LogP contribution in [0.3, 0.4) is 0 Å². The zero-order chi connectivity index (χ0) is 20.2. The highest BCUT2D eigenvalue weighted by Crippen LogP contribution is 2.37. The molecule has 2 heterocycles. The van der Waals surface area contributed by atoms with Gasteiger partial charge in [0.2, 0.25) is 12.7 Å². The van der Waals surface area contributed by atoms with Gasteiger partial charge in [-0.3, -0.25) is 9.59 Å². The molecule has 1 N–H and O–H groups in total. The fraction of sp³-hybridized carbons (Fsp3) is 0.333. The van der Waals surface area contributed by atoms with Gasteiger partial charge in [-0.25, -0.2) is 0 Å². The number of hydrogen-bond acceptors (Lipinski definition) is 6. The Balaban J connectivity index is 1.27. The highest BCUT2D eigenvalue weighted by atomic mass is 16.7. The van der Waals surface area contributed by atoms with Crippen LogP contribution in [0.5, 0.6) is 23.0 Å². The van der Waals surface area contributed by atoms with E-state index in [1.165, 1.54) is 0 Å². The van der Waals surface area contributed by atoms with Gasteiger partial charge >= 0.3 is 0 Å². The summed E-state index contributed by atoms with van der Waals surface area (Å²) in [6, 6.07) is 12.6. The molecule has 8 heteroatoms. The van der Waals surface area contributed by atoms with Crippen LogP contribution >= 0.6 is 0 Å². The Bertz CT molecular complexity index is 916. The van der Waals surface area contributed by atoms with Gasteiger partial charge in [-0.15, -0.1) is 0 Å². The van der Waals surface area contributed by atoms with Gasteiger partial charge in [0.1, 0.15) is 0 Å². The first kappa shape index (κ1) is 18.9. The summed E-state index contributed by atoms with van der Waals surface area (Å²) in [5, 5.41) is 2.84. The van der Waals surface area contributed by atoms with Crippen molar-refractivity contribution in [2.75, 3.05) is 38.5 Å². The Kier molecular flexibility index (Phi) is 5.41. The van der Waals surface area contributed by atoms with Crippen molar-refractivity contribution < 1.29 is 28.5 Å². The van der Waals surface area contributed by atoms with Crippen molar-refractivity contribution in [1.82, 2.24) is 5.32 Å². The maximum absolute atomic E-state index is 12.4. The van der Waals surface area contributed by atoms with Crippen molar-refractivity contribution >= 4 is 17.5 Å². The first-order chi connectivity index (χ1) is 14.1. The monoisotopic (exact) mass is 398 g/mol. The molecule has 0 aromatic heterocycles. The molecule has 1 atom stereocenters. The van der Waals surface area contributed by atoms with E-state index in [4.69, 9.17) is 18.9 Å². The first-order valence-corrected chi connectivity index (χ1v) is 9.36. The van der Waals surface area contributed by atoms with Gasteiger partial charge in [0.05, 0.1) is 7.11 Å². The van der Waals surface area contributed by atoms with Crippen LogP contribution in [0.4, 0.5) is 5.69 Å². The Labute approximate surface area is 168 Å². The third kappa shape index (κ3) is 4.21. The summed E-state index contributed by atoms with van der Waals surface area (Å²) in [4.78, 5) is 26.3. The number of nitrogens with zero attached hydrogens (tertiary/aromatic N) is 1. The third-order valence-electron chi connectivity index (χ3n) is 4.89. The van der Waals surface area contributed by atoms with Crippen LogP contribution in [0.15, 0.2) is 42.5 Å². The fourth-order valence-corrected chi connectivity index (χ4v) is 3.41. The van der Waals surface area contributed by atoms with Gasteiger partial charge in [0.15, 0.2) is 29.6 Å². The van der Waals surface area contributed by atoms with Crippen LogP contribution in [0, 0.1) is 5.92 Å². The van der Waals surface area contributed by atoms with E-state index in [0.29, 0.717) is 42.5 Å². The molecule has 152 valence electrons. The number of fused-ring (bicyclic) bond motifs is 1. The topological polar surface area (TPSA) is 86.3 Å². The number of amides is 2. The minimum absolute atomic E-state index is 0.0217. The van der Waals surface area contributed by atoms with Crippen LogP contribution < -0.4 is 29.2 Å². The molecule has 0 aliphatic carbocycles. The van der Waals surface area contributed by atoms with E-state index in [1.807, 2.05) is 24.3 Å². The van der Waals surface area contributed by atoms with Gasteiger partial charge in [-0.05, 0) is 24.3 Å². The lowest BCUT2D eigenvalue weighted by atomic mass is 10.1. The van der Waals surface area contributed by atoms with Crippen molar-refractivity contribution in [3.63, 3.8) is 0 Å². The Morgan fingerprint density at radius 2 is 1.97 bits per heavy atom. The lowest BCUT2D eigenvalue weighted by Gasteiger charge is -2.17. The molecule has 0 bridgehead atoms. The Morgan fingerprint density at radius 3 is 2.79 bits per heavy atom. The lowest BCUT2D eigenvalue weighted by molar-refractivity contribution is -0.123. The highest BCUT2D eigenvalue weighted by molar-refractivity contribution is 5.96. The van der Waals surface area contributed by atoms with E-state index >= 15 is 0 Å². The summed E-state index contributed by atoms with van der Waals surface area (Å²) in [7, 11) is 1.55. The summed E-state index contributed by atoms with van der Waals surface area (Å²) in [5.41, 5.74) is 0.771. The molecule has 0 spiro atoms. The lowest BCUT2D eigenvalue weighted by Crippen LogP contribution is -2.34. The minimum Gasteiger partial charge on any atom is -0.493 e. The van der Waals surface area contributed by atoms with Crippen LogP contribution in [-0.4, -0.2) is 45.4 Å². The summed E-state index contributed by atoms with van der Waals surface area (Å²) in [6.07, 6.45) is 0.377. The Morgan fingerprint density at radius 1 is 1.17 bits per heavy atom. The molecule has 1 unspecified atom stereocenters. The van der Waals surface area contributed by atoms with Gasteiger partial charge in [0.25, 0.3) is 5.91 Å². The molecule has 1 saturated heterocycles. The molecular weight excluding hydrogens is 376 g/mol. The molecule has 2 aliphatic heterocycles. The maximum Gasteiger partial charge on any atom is 0.257 e. The van der Waals surface area contributed by atoms with Crippen molar-refractivity contribution in [3.05, 3.63) is 42.5 Å². The van der Waals surface area contributed by atoms with Crippen LogP contribution in [0.25, 0.3) is 0 Å². The van der Waals surface area contributed by atoms with Crippen LogP contribution in [-0.2, 0) is 9.59 Å². The SMILES string of the molecule is COc1ccccc1OCC(=O)NCC1CC(=O)N(c2ccc3c(c2)OCO3)C1. The normalized spacial score (nSPS) is 17.3. The number of hydrogen-bond donors (Lipinski definition) is 1. The number of carbonyl (C=O) groups excluding carboxylic acids is 2. The van der Waals surface area contributed by atoms with E-state index in [1.54, 1.807) is 30.2 Å². The number of ether oxygens (including phenoxy) is 4. The zero-order valence-corrected chi connectivity index (χ0v) is 16.1. The smallest absolute Gasteiger partial charge is 0.257 e. The second-order valence-electron chi connectivity index (χ2n) is 6.86. The van der Waals surface area contributed by atoms with Gasteiger partial charge in [-0.1, -0.05) is 12.1 Å². The number of carbonyl (C=O) groups is 2. The Hall–Kier alpha value is -3.42. The third-order valence-corrected chi connectivity index (χ3v) is 4.89. The average Bonchev–Trinajstić information content (AvgIpc) is 3.36. The van der Waals surface area contributed by atoms with Crippen molar-refractivity contribution in [2.45, 2.75) is 6.42 Å². The van der Waals surface area contributed by atoms with E-state index in [2.05, 4.69) is 5.32 Å². The molecule has 0 saturated carbocycles. The van der Waals surface area contributed by atoms with E-state index in [9.17, 15) is 9.59 Å². The molecule has 8 nitrogen and oxygen atoms in total. The number of para-hydroxylation sites is 2. The predicted molar refractivity (Wildman–Crippen MR) is 105 cm³/mol. The van der Waals surface area contributed by atoms with Crippen LogP contribution in [0.1, 0.15) is 6.42 Å². The minimum atomic E-state index is -0.245. The van der Waals surface area contributed by atoms with Crippen molar-refractivity contribution in [3.8, 4) is 23.0 Å². The number of anilines is 1. The molecule has 2 aromatic carbocycles. The average molecular weight is 398 g/mol. The maximum atomic E-state index is 12.4. The first-order valence-electron chi connectivity index (χ1n) is 9.36. The molecular formula is C21H22N2O6. The number of benzene rings is 2.